The summed E-state index contributed by atoms with van der Waals surface area (Å²) in [6.45, 7) is 3.30. The molecule has 6 nitrogen and oxygen atoms in total. The van der Waals surface area contributed by atoms with Crippen LogP contribution in [0.5, 0.6) is 0 Å². The first-order valence-electron chi connectivity index (χ1n) is 10.5. The number of nitrogens with one attached hydrogen (secondary N) is 1. The topological polar surface area (TPSA) is 78.8 Å². The zero-order valence-electron chi connectivity index (χ0n) is 17.1. The predicted octanol–water partition coefficient (Wildman–Crippen LogP) is 3.30. The van der Waals surface area contributed by atoms with Crippen molar-refractivity contribution in [3.05, 3.63) is 65.7 Å². The van der Waals surface area contributed by atoms with Crippen LogP contribution in [-0.4, -0.2) is 44.2 Å². The molecule has 7 heteroatoms. The fourth-order valence-corrected chi connectivity index (χ4v) is 5.54. The van der Waals surface area contributed by atoms with Crippen LogP contribution in [0.3, 0.4) is 0 Å². The highest BCUT2D eigenvalue weighted by atomic mass is 32.2. The lowest BCUT2D eigenvalue weighted by Crippen LogP contribution is -2.52. The molecule has 0 spiro atoms. The predicted molar refractivity (Wildman–Crippen MR) is 117 cm³/mol. The van der Waals surface area contributed by atoms with Gasteiger partial charge in [0.05, 0.1) is 0 Å². The van der Waals surface area contributed by atoms with Crippen molar-refractivity contribution in [2.45, 2.75) is 49.5 Å². The maximum absolute atomic E-state index is 13.1. The number of hydrogen-bond donors (Lipinski definition) is 1. The average Bonchev–Trinajstić information content (AvgIpc) is 3.06. The SMILES string of the molecule is CC[C@@H](CNC(=O)[C@@H]1CCCCN1C1=NS(=O)(=O)c2ccccc21)c1ccccc1. The van der Waals surface area contributed by atoms with Crippen molar-refractivity contribution in [2.24, 2.45) is 4.40 Å². The first-order chi connectivity index (χ1) is 14.5. The zero-order chi connectivity index (χ0) is 21.1. The lowest BCUT2D eigenvalue weighted by molar-refractivity contribution is -0.126. The largest absolute Gasteiger partial charge is 0.354 e. The number of nitrogens with zero attached hydrogens (tertiary/aromatic N) is 2. The van der Waals surface area contributed by atoms with Crippen LogP contribution < -0.4 is 5.32 Å². The van der Waals surface area contributed by atoms with Crippen molar-refractivity contribution in [1.82, 2.24) is 10.2 Å². The van der Waals surface area contributed by atoms with E-state index in [4.69, 9.17) is 0 Å². The molecule has 1 saturated heterocycles. The second-order valence-electron chi connectivity index (χ2n) is 7.85. The van der Waals surface area contributed by atoms with E-state index in [1.54, 1.807) is 24.3 Å². The van der Waals surface area contributed by atoms with Gasteiger partial charge in [-0.2, -0.15) is 8.42 Å². The average molecular weight is 426 g/mol. The Morgan fingerprint density at radius 2 is 1.87 bits per heavy atom. The van der Waals surface area contributed by atoms with Crippen LogP contribution in [0.2, 0.25) is 0 Å². The van der Waals surface area contributed by atoms with Gasteiger partial charge in [-0.3, -0.25) is 4.79 Å². The monoisotopic (exact) mass is 425 g/mol. The fourth-order valence-electron chi connectivity index (χ4n) is 4.32. The molecule has 0 bridgehead atoms. The molecule has 0 radical (unpaired) electrons. The lowest BCUT2D eigenvalue weighted by atomic mass is 9.95. The van der Waals surface area contributed by atoms with Gasteiger partial charge in [-0.25, -0.2) is 0 Å². The third-order valence-corrected chi connectivity index (χ3v) is 7.30. The van der Waals surface area contributed by atoms with E-state index in [2.05, 4.69) is 28.8 Å². The number of amides is 1. The molecule has 1 fully saturated rings. The van der Waals surface area contributed by atoms with Crippen LogP contribution in [0.25, 0.3) is 0 Å². The highest BCUT2D eigenvalue weighted by molar-refractivity contribution is 7.90. The van der Waals surface area contributed by atoms with E-state index in [1.807, 2.05) is 23.1 Å². The third kappa shape index (κ3) is 3.99. The number of benzene rings is 2. The number of fused-ring (bicyclic) bond motifs is 1. The molecule has 0 aliphatic carbocycles. The fraction of sp³-hybridized carbons (Fsp3) is 0.391. The van der Waals surface area contributed by atoms with Gasteiger partial charge in [0.1, 0.15) is 10.9 Å². The summed E-state index contributed by atoms with van der Waals surface area (Å²) in [4.78, 5) is 15.2. The summed E-state index contributed by atoms with van der Waals surface area (Å²) in [7, 11) is -3.70. The number of carbonyl (C=O) groups is 1. The first kappa shape index (κ1) is 20.6. The molecule has 1 N–H and O–H groups in total. The van der Waals surface area contributed by atoms with Gasteiger partial charge in [0, 0.05) is 24.6 Å². The second-order valence-corrected chi connectivity index (χ2v) is 9.42. The molecule has 2 heterocycles. The lowest BCUT2D eigenvalue weighted by Gasteiger charge is -2.36. The first-order valence-corrected chi connectivity index (χ1v) is 12.0. The Morgan fingerprint density at radius 3 is 2.63 bits per heavy atom. The number of hydrogen-bond acceptors (Lipinski definition) is 4. The van der Waals surface area contributed by atoms with Crippen molar-refractivity contribution in [3.63, 3.8) is 0 Å². The van der Waals surface area contributed by atoms with Gasteiger partial charge in [0.2, 0.25) is 5.91 Å². The Morgan fingerprint density at radius 1 is 1.13 bits per heavy atom. The number of sulfonamides is 1. The van der Waals surface area contributed by atoms with Gasteiger partial charge in [-0.15, -0.1) is 4.40 Å². The Hall–Kier alpha value is -2.67. The zero-order valence-corrected chi connectivity index (χ0v) is 17.9. The van der Waals surface area contributed by atoms with E-state index in [9.17, 15) is 13.2 Å². The molecule has 0 aromatic heterocycles. The quantitative estimate of drug-likeness (QED) is 0.797. The Labute approximate surface area is 178 Å². The van der Waals surface area contributed by atoms with E-state index in [0.29, 0.717) is 30.9 Å². The van der Waals surface area contributed by atoms with Gasteiger partial charge in [-0.05, 0) is 43.4 Å². The highest BCUT2D eigenvalue weighted by Crippen LogP contribution is 2.30. The Kier molecular flexibility index (Phi) is 5.90. The number of likely N-dealkylation sites (tertiary alicyclic amines) is 1. The molecule has 2 aromatic rings. The molecule has 0 unspecified atom stereocenters. The van der Waals surface area contributed by atoms with E-state index < -0.39 is 16.1 Å². The molecule has 2 aliphatic rings. The minimum absolute atomic E-state index is 0.0615. The summed E-state index contributed by atoms with van der Waals surface area (Å²) < 4.78 is 29.0. The molecule has 4 rings (SSSR count). The number of amidine groups is 1. The van der Waals surface area contributed by atoms with E-state index >= 15 is 0 Å². The number of rotatable bonds is 5. The van der Waals surface area contributed by atoms with Crippen molar-refractivity contribution < 1.29 is 13.2 Å². The molecule has 1 amide bonds. The normalized spacial score (nSPS) is 20.9. The second kappa shape index (κ2) is 8.60. The van der Waals surface area contributed by atoms with Crippen LogP contribution in [-0.2, 0) is 14.8 Å². The van der Waals surface area contributed by atoms with E-state index in [1.165, 1.54) is 5.56 Å². The number of carbonyl (C=O) groups excluding carboxylic acids is 1. The molecular formula is C23H27N3O3S. The molecule has 2 aliphatic heterocycles. The van der Waals surface area contributed by atoms with Crippen molar-refractivity contribution >= 4 is 21.8 Å². The van der Waals surface area contributed by atoms with Gasteiger partial charge in [0.15, 0.2) is 5.84 Å². The smallest absolute Gasteiger partial charge is 0.285 e. The maximum Gasteiger partial charge on any atom is 0.285 e. The van der Waals surface area contributed by atoms with Crippen molar-refractivity contribution in [1.29, 1.82) is 0 Å². The summed E-state index contributed by atoms with van der Waals surface area (Å²) in [5.74, 6) is 0.589. The minimum atomic E-state index is -3.70. The van der Waals surface area contributed by atoms with Crippen LogP contribution in [0.4, 0.5) is 0 Å². The molecule has 158 valence electrons. The van der Waals surface area contributed by atoms with Crippen LogP contribution in [0.1, 0.15) is 49.7 Å². The van der Waals surface area contributed by atoms with Gasteiger partial charge in [-0.1, -0.05) is 49.4 Å². The molecule has 30 heavy (non-hydrogen) atoms. The summed E-state index contributed by atoms with van der Waals surface area (Å²) in [5, 5.41) is 3.11. The Bertz CT molecular complexity index is 1050. The molecule has 0 saturated carbocycles. The molecule has 2 aromatic carbocycles. The molecule has 2 atom stereocenters. The van der Waals surface area contributed by atoms with Gasteiger partial charge < -0.3 is 10.2 Å². The Balaban J connectivity index is 1.52. The van der Waals surface area contributed by atoms with Crippen LogP contribution in [0.15, 0.2) is 63.9 Å². The van der Waals surface area contributed by atoms with Crippen molar-refractivity contribution in [3.8, 4) is 0 Å². The third-order valence-electron chi connectivity index (χ3n) is 5.98. The summed E-state index contributed by atoms with van der Waals surface area (Å²) in [5.41, 5.74) is 1.80. The summed E-state index contributed by atoms with van der Waals surface area (Å²) in [6.07, 6.45) is 3.46. The minimum Gasteiger partial charge on any atom is -0.354 e. The standard InChI is InChI=1S/C23H27N3O3S/c1-2-17(18-10-4-3-5-11-18)16-24-23(27)20-13-8-9-15-26(20)22-19-12-6-7-14-21(19)30(28,29)25-22/h3-7,10-12,14,17,20H,2,8-9,13,15-16H2,1H3,(H,24,27)/t17-,20-/m0/s1. The van der Waals surface area contributed by atoms with Gasteiger partial charge >= 0.3 is 0 Å². The number of piperidine rings is 1. The van der Waals surface area contributed by atoms with E-state index in [0.717, 1.165) is 19.3 Å². The van der Waals surface area contributed by atoms with Crippen LogP contribution in [0, 0.1) is 0 Å². The van der Waals surface area contributed by atoms with Crippen LogP contribution >= 0.6 is 0 Å². The van der Waals surface area contributed by atoms with E-state index in [-0.39, 0.29) is 16.7 Å². The molecular weight excluding hydrogens is 398 g/mol. The summed E-state index contributed by atoms with van der Waals surface area (Å²) in [6, 6.07) is 16.6. The van der Waals surface area contributed by atoms with Gasteiger partial charge in [0.25, 0.3) is 10.0 Å². The maximum atomic E-state index is 13.1. The highest BCUT2D eigenvalue weighted by Gasteiger charge is 2.37. The van der Waals surface area contributed by atoms with Crippen molar-refractivity contribution in [2.75, 3.05) is 13.1 Å². The summed E-state index contributed by atoms with van der Waals surface area (Å²) >= 11 is 0.